The van der Waals surface area contributed by atoms with E-state index in [1.54, 1.807) is 5.01 Å². The summed E-state index contributed by atoms with van der Waals surface area (Å²) in [6, 6.07) is 8.29. The number of aryl methyl sites for hydroxylation is 1. The molecule has 1 aliphatic heterocycles. The average molecular weight is 302 g/mol. The SMILES string of the molecule is C#C.CCC1=C(O)N(c2ccc(C)cc2)NC1C.CCCC. The van der Waals surface area contributed by atoms with E-state index in [0.29, 0.717) is 5.88 Å². The minimum atomic E-state index is 0.200. The van der Waals surface area contributed by atoms with Crippen LogP contribution in [-0.2, 0) is 0 Å². The van der Waals surface area contributed by atoms with Gasteiger partial charge in [0.25, 0.3) is 0 Å². The van der Waals surface area contributed by atoms with E-state index in [1.807, 2.05) is 24.3 Å². The standard InChI is InChI=1S/C13H18N2O.C4H10.C2H2/c1-4-12-10(3)14-15(13(12)16)11-7-5-9(2)6-8-11;1-3-4-2;1-2/h5-8,10,14,16H,4H2,1-3H3;3-4H2,1-2H3;1-2H. The van der Waals surface area contributed by atoms with Crippen LogP contribution in [0.1, 0.15) is 52.5 Å². The third-order valence-corrected chi connectivity index (χ3v) is 3.52. The van der Waals surface area contributed by atoms with Crippen LogP contribution in [0.4, 0.5) is 5.69 Å². The van der Waals surface area contributed by atoms with E-state index in [-0.39, 0.29) is 6.04 Å². The third-order valence-electron chi connectivity index (χ3n) is 3.52. The predicted octanol–water partition coefficient (Wildman–Crippen LogP) is 4.94. The molecule has 1 aromatic carbocycles. The molecule has 0 aromatic heterocycles. The summed E-state index contributed by atoms with van der Waals surface area (Å²) in [5, 5.41) is 11.8. The van der Waals surface area contributed by atoms with Gasteiger partial charge in [-0.25, -0.2) is 10.4 Å². The lowest BCUT2D eigenvalue weighted by Crippen LogP contribution is -2.36. The lowest BCUT2D eigenvalue weighted by atomic mass is 10.1. The molecule has 0 fully saturated rings. The molecule has 1 aromatic rings. The highest BCUT2D eigenvalue weighted by molar-refractivity contribution is 5.53. The molecule has 0 saturated heterocycles. The summed E-state index contributed by atoms with van der Waals surface area (Å²) < 4.78 is 0. The van der Waals surface area contributed by atoms with Crippen molar-refractivity contribution in [2.24, 2.45) is 0 Å². The fourth-order valence-electron chi connectivity index (χ4n) is 2.02. The normalized spacial score (nSPS) is 16.5. The largest absolute Gasteiger partial charge is 0.494 e. The number of hydrogen-bond acceptors (Lipinski definition) is 3. The number of aliphatic hydroxyl groups is 1. The Morgan fingerprint density at radius 3 is 1.95 bits per heavy atom. The van der Waals surface area contributed by atoms with Crippen LogP contribution in [0.5, 0.6) is 0 Å². The van der Waals surface area contributed by atoms with Crippen LogP contribution in [0, 0.1) is 19.8 Å². The Labute approximate surface area is 136 Å². The summed E-state index contributed by atoms with van der Waals surface area (Å²) in [5.41, 5.74) is 6.49. The van der Waals surface area contributed by atoms with Gasteiger partial charge in [0.05, 0.1) is 11.7 Å². The van der Waals surface area contributed by atoms with E-state index in [0.717, 1.165) is 17.7 Å². The monoisotopic (exact) mass is 302 g/mol. The van der Waals surface area contributed by atoms with Crippen molar-refractivity contribution in [2.75, 3.05) is 5.01 Å². The summed E-state index contributed by atoms with van der Waals surface area (Å²) in [4.78, 5) is 0. The first-order valence-corrected chi connectivity index (χ1v) is 7.93. The first kappa shape index (κ1) is 20.1. The third kappa shape index (κ3) is 5.46. The maximum Gasteiger partial charge on any atom is 0.207 e. The van der Waals surface area contributed by atoms with E-state index in [1.165, 1.54) is 18.4 Å². The Morgan fingerprint density at radius 2 is 1.59 bits per heavy atom. The van der Waals surface area contributed by atoms with Gasteiger partial charge in [-0.2, -0.15) is 0 Å². The molecule has 3 nitrogen and oxygen atoms in total. The summed E-state index contributed by atoms with van der Waals surface area (Å²) >= 11 is 0. The quantitative estimate of drug-likeness (QED) is 0.776. The number of benzene rings is 1. The van der Waals surface area contributed by atoms with E-state index < -0.39 is 0 Å². The van der Waals surface area contributed by atoms with Crippen molar-refractivity contribution in [3.8, 4) is 12.8 Å². The molecule has 1 heterocycles. The van der Waals surface area contributed by atoms with Crippen molar-refractivity contribution < 1.29 is 5.11 Å². The van der Waals surface area contributed by atoms with Gasteiger partial charge >= 0.3 is 0 Å². The zero-order valence-corrected chi connectivity index (χ0v) is 14.6. The van der Waals surface area contributed by atoms with Gasteiger partial charge in [-0.1, -0.05) is 51.3 Å². The average Bonchev–Trinajstić information content (AvgIpc) is 2.84. The van der Waals surface area contributed by atoms with Gasteiger partial charge in [-0.15, -0.1) is 12.8 Å². The Balaban J connectivity index is 0.000000640. The van der Waals surface area contributed by atoms with E-state index in [9.17, 15) is 5.11 Å². The molecule has 122 valence electrons. The maximum absolute atomic E-state index is 10.1. The van der Waals surface area contributed by atoms with Crippen molar-refractivity contribution >= 4 is 5.69 Å². The number of hydrazine groups is 1. The fourth-order valence-corrected chi connectivity index (χ4v) is 2.02. The molecule has 0 spiro atoms. The van der Waals surface area contributed by atoms with Crippen LogP contribution in [0.3, 0.4) is 0 Å². The highest BCUT2D eigenvalue weighted by Gasteiger charge is 2.27. The number of terminal acetylenes is 1. The highest BCUT2D eigenvalue weighted by Crippen LogP contribution is 2.26. The second-order valence-electron chi connectivity index (χ2n) is 5.22. The van der Waals surface area contributed by atoms with Crippen molar-refractivity contribution in [3.05, 3.63) is 41.3 Å². The molecule has 0 saturated carbocycles. The molecule has 0 radical (unpaired) electrons. The summed E-state index contributed by atoms with van der Waals surface area (Å²) in [7, 11) is 0. The molecular formula is C19H30N2O. The lowest BCUT2D eigenvalue weighted by Gasteiger charge is -2.19. The van der Waals surface area contributed by atoms with Gasteiger partial charge in [0, 0.05) is 5.57 Å². The van der Waals surface area contributed by atoms with Crippen LogP contribution < -0.4 is 10.4 Å². The maximum atomic E-state index is 10.1. The van der Waals surface area contributed by atoms with Crippen LogP contribution in [0.15, 0.2) is 35.7 Å². The topological polar surface area (TPSA) is 35.5 Å². The summed E-state index contributed by atoms with van der Waals surface area (Å²) in [5.74, 6) is 0.346. The van der Waals surface area contributed by atoms with Crippen molar-refractivity contribution in [2.45, 2.75) is 59.9 Å². The number of nitrogens with one attached hydrogen (secondary N) is 1. The molecule has 0 aliphatic carbocycles. The van der Waals surface area contributed by atoms with Crippen LogP contribution in [0.2, 0.25) is 0 Å². The Bertz CT molecular complexity index is 472. The second kappa shape index (κ2) is 10.8. The minimum absolute atomic E-state index is 0.200. The number of rotatable bonds is 3. The number of aliphatic hydroxyl groups excluding tert-OH is 1. The zero-order chi connectivity index (χ0) is 17.1. The molecule has 3 heteroatoms. The molecule has 0 bridgehead atoms. The van der Waals surface area contributed by atoms with Crippen LogP contribution in [-0.4, -0.2) is 11.1 Å². The first-order valence-electron chi connectivity index (χ1n) is 7.93. The van der Waals surface area contributed by atoms with Crippen LogP contribution >= 0.6 is 0 Å². The second-order valence-corrected chi connectivity index (χ2v) is 5.22. The van der Waals surface area contributed by atoms with Crippen molar-refractivity contribution in [3.63, 3.8) is 0 Å². The molecule has 22 heavy (non-hydrogen) atoms. The van der Waals surface area contributed by atoms with Crippen molar-refractivity contribution in [1.82, 2.24) is 5.43 Å². The molecule has 1 aliphatic rings. The van der Waals surface area contributed by atoms with Gasteiger partial charge < -0.3 is 5.11 Å². The molecule has 2 rings (SSSR count). The molecule has 0 amide bonds. The summed E-state index contributed by atoms with van der Waals surface area (Å²) in [6.45, 7) is 10.5. The van der Waals surface area contributed by atoms with Crippen LogP contribution in [0.25, 0.3) is 0 Å². The van der Waals surface area contributed by atoms with Gasteiger partial charge in [0.1, 0.15) is 0 Å². The number of anilines is 1. The van der Waals surface area contributed by atoms with Crippen molar-refractivity contribution in [1.29, 1.82) is 0 Å². The van der Waals surface area contributed by atoms with Gasteiger partial charge in [-0.05, 0) is 32.4 Å². The fraction of sp³-hybridized carbons (Fsp3) is 0.474. The lowest BCUT2D eigenvalue weighted by molar-refractivity contribution is 0.386. The van der Waals surface area contributed by atoms with Gasteiger partial charge in [-0.3, -0.25) is 0 Å². The number of unbranched alkanes of at least 4 members (excludes halogenated alkanes) is 1. The molecular weight excluding hydrogens is 272 g/mol. The molecule has 1 atom stereocenters. The van der Waals surface area contributed by atoms with Gasteiger partial charge in [0.15, 0.2) is 0 Å². The van der Waals surface area contributed by atoms with E-state index in [4.69, 9.17) is 0 Å². The Hall–Kier alpha value is -1.92. The van der Waals surface area contributed by atoms with Gasteiger partial charge in [0.2, 0.25) is 5.88 Å². The Kier molecular flexibility index (Phi) is 9.82. The number of nitrogens with zero attached hydrogens (tertiary/aromatic N) is 1. The molecule has 2 N–H and O–H groups in total. The first-order chi connectivity index (χ1) is 10.5. The smallest absolute Gasteiger partial charge is 0.207 e. The Morgan fingerprint density at radius 1 is 1.09 bits per heavy atom. The molecule has 1 unspecified atom stereocenters. The number of hydrogen-bond donors (Lipinski definition) is 2. The summed E-state index contributed by atoms with van der Waals surface area (Å²) in [6.07, 6.45) is 11.5. The zero-order valence-electron chi connectivity index (χ0n) is 14.6. The minimum Gasteiger partial charge on any atom is -0.494 e. The predicted molar refractivity (Wildman–Crippen MR) is 96.7 cm³/mol. The van der Waals surface area contributed by atoms with E-state index >= 15 is 0 Å². The highest BCUT2D eigenvalue weighted by atomic mass is 16.3. The van der Waals surface area contributed by atoms with E-state index in [2.05, 4.69) is 52.9 Å².